The molecule has 0 aliphatic rings. The Morgan fingerprint density at radius 1 is 0.686 bits per heavy atom. The Morgan fingerprint density at radius 3 is 1.69 bits per heavy atom. The van der Waals surface area contributed by atoms with Crippen molar-refractivity contribution in [2.24, 2.45) is 0 Å². The molecular formula is C29H31N5O. The van der Waals surface area contributed by atoms with E-state index in [1.165, 1.54) is 11.1 Å². The Bertz CT molecular complexity index is 1310. The van der Waals surface area contributed by atoms with Gasteiger partial charge in [0.2, 0.25) is 0 Å². The maximum absolute atomic E-state index is 12.6. The van der Waals surface area contributed by atoms with Crippen LogP contribution in [0.4, 0.5) is 28.7 Å². The summed E-state index contributed by atoms with van der Waals surface area (Å²) >= 11 is 0. The second-order valence-electron chi connectivity index (χ2n) is 9.66. The summed E-state index contributed by atoms with van der Waals surface area (Å²) < 4.78 is 0. The summed E-state index contributed by atoms with van der Waals surface area (Å²) in [5.74, 6) is 1.92. The van der Waals surface area contributed by atoms with Gasteiger partial charge in [-0.3, -0.25) is 4.79 Å². The Morgan fingerprint density at radius 2 is 1.17 bits per heavy atom. The number of aromatic nitrogens is 2. The van der Waals surface area contributed by atoms with Crippen LogP contribution in [0.1, 0.15) is 48.1 Å². The number of carbonyl (C=O) groups excluding carboxylic acids is 1. The Balaban J connectivity index is 1.40. The summed E-state index contributed by atoms with van der Waals surface area (Å²) in [6.45, 7) is 10.4. The molecule has 35 heavy (non-hydrogen) atoms. The molecule has 4 aromatic rings. The monoisotopic (exact) mass is 465 g/mol. The molecule has 6 heteroatoms. The summed E-state index contributed by atoms with van der Waals surface area (Å²) in [7, 11) is 0. The number of amides is 1. The van der Waals surface area contributed by atoms with Crippen molar-refractivity contribution in [2.75, 3.05) is 16.0 Å². The van der Waals surface area contributed by atoms with Crippen molar-refractivity contribution in [2.45, 2.75) is 40.0 Å². The minimum absolute atomic E-state index is 0.0531. The molecule has 0 bridgehead atoms. The highest BCUT2D eigenvalue weighted by molar-refractivity contribution is 6.04. The summed E-state index contributed by atoms with van der Waals surface area (Å²) in [6, 6.07) is 25.3. The van der Waals surface area contributed by atoms with Gasteiger partial charge < -0.3 is 16.0 Å². The molecule has 1 heterocycles. The second kappa shape index (κ2) is 9.97. The number of benzene rings is 3. The predicted octanol–water partition coefficient (Wildman–Crippen LogP) is 7.13. The van der Waals surface area contributed by atoms with E-state index in [0.717, 1.165) is 17.1 Å². The lowest BCUT2D eigenvalue weighted by Crippen LogP contribution is -2.14. The predicted molar refractivity (Wildman–Crippen MR) is 144 cm³/mol. The van der Waals surface area contributed by atoms with Gasteiger partial charge in [-0.05, 0) is 73.4 Å². The van der Waals surface area contributed by atoms with Crippen LogP contribution in [0.15, 0.2) is 78.9 Å². The lowest BCUT2D eigenvalue weighted by atomic mass is 9.87. The lowest BCUT2D eigenvalue weighted by Gasteiger charge is -2.19. The third-order valence-corrected chi connectivity index (χ3v) is 5.59. The van der Waals surface area contributed by atoms with Crippen LogP contribution in [0.25, 0.3) is 0 Å². The second-order valence-corrected chi connectivity index (χ2v) is 9.66. The molecule has 0 spiro atoms. The molecule has 6 nitrogen and oxygen atoms in total. The van der Waals surface area contributed by atoms with Crippen molar-refractivity contribution in [1.29, 1.82) is 0 Å². The number of carbonyl (C=O) groups is 1. The molecular weight excluding hydrogens is 434 g/mol. The molecule has 0 fully saturated rings. The van der Waals surface area contributed by atoms with Gasteiger partial charge in [-0.2, -0.15) is 0 Å². The van der Waals surface area contributed by atoms with Crippen molar-refractivity contribution in [1.82, 2.24) is 9.97 Å². The van der Waals surface area contributed by atoms with E-state index in [0.29, 0.717) is 23.0 Å². The largest absolute Gasteiger partial charge is 0.340 e. The van der Waals surface area contributed by atoms with E-state index in [1.54, 1.807) is 0 Å². The average molecular weight is 466 g/mol. The molecule has 0 atom stereocenters. The first kappa shape index (κ1) is 24.0. The van der Waals surface area contributed by atoms with Crippen LogP contribution in [0, 0.1) is 13.8 Å². The summed E-state index contributed by atoms with van der Waals surface area (Å²) in [5, 5.41) is 9.58. The Kier molecular flexibility index (Phi) is 6.82. The molecule has 0 aliphatic carbocycles. The molecule has 178 valence electrons. The van der Waals surface area contributed by atoms with E-state index in [9.17, 15) is 4.79 Å². The van der Waals surface area contributed by atoms with E-state index in [2.05, 4.69) is 65.7 Å². The molecule has 0 unspecified atom stereocenters. The molecule has 0 saturated carbocycles. The third-order valence-electron chi connectivity index (χ3n) is 5.59. The number of nitrogens with zero attached hydrogens (tertiary/aromatic N) is 2. The van der Waals surface area contributed by atoms with Crippen LogP contribution in [0.5, 0.6) is 0 Å². The molecule has 1 aromatic heterocycles. The zero-order chi connectivity index (χ0) is 25.0. The number of anilines is 5. The molecule has 0 aliphatic heterocycles. The highest BCUT2D eigenvalue weighted by atomic mass is 16.1. The maximum atomic E-state index is 12.6. The summed E-state index contributed by atoms with van der Waals surface area (Å²) in [5.41, 5.74) is 5.63. The number of rotatable bonds is 6. The fourth-order valence-electron chi connectivity index (χ4n) is 3.59. The van der Waals surface area contributed by atoms with Gasteiger partial charge in [-0.15, -0.1) is 0 Å². The lowest BCUT2D eigenvalue weighted by molar-refractivity contribution is 0.102. The van der Waals surface area contributed by atoms with Crippen molar-refractivity contribution in [3.05, 3.63) is 101 Å². The smallest absolute Gasteiger partial charge is 0.255 e. The number of hydrogen-bond acceptors (Lipinski definition) is 5. The topological polar surface area (TPSA) is 78.9 Å². The minimum Gasteiger partial charge on any atom is -0.340 e. The fraction of sp³-hybridized carbons (Fsp3) is 0.207. The van der Waals surface area contributed by atoms with Gasteiger partial charge in [0.05, 0.1) is 0 Å². The van der Waals surface area contributed by atoms with E-state index in [4.69, 9.17) is 0 Å². The van der Waals surface area contributed by atoms with E-state index in [-0.39, 0.29) is 11.3 Å². The van der Waals surface area contributed by atoms with Gasteiger partial charge in [-0.25, -0.2) is 9.97 Å². The van der Waals surface area contributed by atoms with Crippen LogP contribution in [0.2, 0.25) is 0 Å². The van der Waals surface area contributed by atoms with Crippen LogP contribution in [-0.4, -0.2) is 15.9 Å². The summed E-state index contributed by atoms with van der Waals surface area (Å²) in [4.78, 5) is 21.6. The first-order chi connectivity index (χ1) is 16.7. The van der Waals surface area contributed by atoms with Gasteiger partial charge in [0.15, 0.2) is 0 Å². The average Bonchev–Trinajstić information content (AvgIpc) is 2.81. The fourth-order valence-corrected chi connectivity index (χ4v) is 3.59. The van der Waals surface area contributed by atoms with Gasteiger partial charge in [0.25, 0.3) is 5.91 Å². The molecule has 0 saturated heterocycles. The Labute approximate surface area is 206 Å². The van der Waals surface area contributed by atoms with Crippen molar-refractivity contribution in [3.8, 4) is 0 Å². The zero-order valence-corrected chi connectivity index (χ0v) is 20.8. The molecule has 3 aromatic carbocycles. The van der Waals surface area contributed by atoms with Gasteiger partial charge >= 0.3 is 0 Å². The maximum Gasteiger partial charge on any atom is 0.255 e. The van der Waals surface area contributed by atoms with Crippen molar-refractivity contribution in [3.63, 3.8) is 0 Å². The van der Waals surface area contributed by atoms with Gasteiger partial charge in [0.1, 0.15) is 17.5 Å². The number of aryl methyl sites for hydroxylation is 2. The van der Waals surface area contributed by atoms with Crippen LogP contribution in [-0.2, 0) is 5.41 Å². The first-order valence-corrected chi connectivity index (χ1v) is 11.6. The number of nitrogens with one attached hydrogen (secondary N) is 3. The van der Waals surface area contributed by atoms with Crippen LogP contribution in [0.3, 0.4) is 0 Å². The van der Waals surface area contributed by atoms with Crippen LogP contribution < -0.4 is 16.0 Å². The van der Waals surface area contributed by atoms with Gasteiger partial charge in [-0.1, -0.05) is 50.6 Å². The molecule has 1 amide bonds. The van der Waals surface area contributed by atoms with E-state index < -0.39 is 0 Å². The highest BCUT2D eigenvalue weighted by Gasteiger charge is 2.14. The molecule has 0 radical (unpaired) electrons. The quantitative estimate of drug-likeness (QED) is 0.282. The zero-order valence-electron chi connectivity index (χ0n) is 20.8. The molecule has 3 N–H and O–H groups in total. The first-order valence-electron chi connectivity index (χ1n) is 11.6. The SMILES string of the molecule is Cc1ccc(Nc2cc(Nc3ccc(NC(=O)c4ccc(C(C)(C)C)cc4)cc3)nc(C)n2)cc1. The standard InChI is InChI=1S/C29H31N5O/c1-19-6-12-23(13-7-19)32-26-18-27(31-20(2)30-26)33-24-14-16-25(17-15-24)34-28(35)21-8-10-22(11-9-21)29(3,4)5/h6-18H,1-5H3,(H,34,35)(H2,30,31,32,33). The van der Waals surface area contributed by atoms with Crippen molar-refractivity contribution < 1.29 is 4.79 Å². The summed E-state index contributed by atoms with van der Waals surface area (Å²) in [6.07, 6.45) is 0. The van der Waals surface area contributed by atoms with Crippen molar-refractivity contribution >= 4 is 34.6 Å². The minimum atomic E-state index is -0.135. The Hall–Kier alpha value is -4.19. The normalized spacial score (nSPS) is 11.1. The third kappa shape index (κ3) is 6.44. The van der Waals surface area contributed by atoms with Gasteiger partial charge in [0, 0.05) is 28.7 Å². The molecule has 4 rings (SSSR count). The van der Waals surface area contributed by atoms with E-state index >= 15 is 0 Å². The van der Waals surface area contributed by atoms with E-state index in [1.807, 2.05) is 73.7 Å². The number of hydrogen-bond donors (Lipinski definition) is 3. The highest BCUT2D eigenvalue weighted by Crippen LogP contribution is 2.24. The van der Waals surface area contributed by atoms with Crippen LogP contribution >= 0.6 is 0 Å².